The fraction of sp³-hybridized carbons (Fsp3) is 0.286. The number of aliphatic hydroxyl groups is 1. The SMILES string of the molecule is COc1cc(CC2=CNC(N)N=C2N)ccc1OCc1ccc(OCCO)cc1. The first-order valence-electron chi connectivity index (χ1n) is 9.25. The van der Waals surface area contributed by atoms with Crippen LogP contribution in [-0.4, -0.2) is 37.6 Å². The molecule has 1 aliphatic rings. The molecule has 0 fully saturated rings. The molecule has 1 unspecified atom stereocenters. The maximum Gasteiger partial charge on any atom is 0.173 e. The van der Waals surface area contributed by atoms with Crippen molar-refractivity contribution >= 4 is 5.84 Å². The molecule has 0 aliphatic carbocycles. The number of hydrogen-bond donors (Lipinski definition) is 4. The summed E-state index contributed by atoms with van der Waals surface area (Å²) in [4.78, 5) is 4.12. The van der Waals surface area contributed by atoms with Crippen molar-refractivity contribution in [2.75, 3.05) is 20.3 Å². The van der Waals surface area contributed by atoms with Gasteiger partial charge >= 0.3 is 0 Å². The van der Waals surface area contributed by atoms with E-state index in [1.165, 1.54) is 0 Å². The van der Waals surface area contributed by atoms with E-state index in [0.29, 0.717) is 36.1 Å². The van der Waals surface area contributed by atoms with Gasteiger partial charge in [0.25, 0.3) is 0 Å². The van der Waals surface area contributed by atoms with Crippen molar-refractivity contribution in [3.63, 3.8) is 0 Å². The second kappa shape index (κ2) is 9.81. The lowest BCUT2D eigenvalue weighted by atomic mass is 10.0. The fourth-order valence-electron chi connectivity index (χ4n) is 2.84. The molecule has 0 saturated heterocycles. The Balaban J connectivity index is 1.62. The van der Waals surface area contributed by atoms with Gasteiger partial charge in [0.15, 0.2) is 17.8 Å². The van der Waals surface area contributed by atoms with Gasteiger partial charge < -0.3 is 30.4 Å². The summed E-state index contributed by atoms with van der Waals surface area (Å²) >= 11 is 0. The maximum atomic E-state index is 8.80. The number of amidine groups is 1. The van der Waals surface area contributed by atoms with Crippen LogP contribution in [0.2, 0.25) is 0 Å². The number of aliphatic hydroxyl groups excluding tert-OH is 1. The highest BCUT2D eigenvalue weighted by Gasteiger charge is 2.13. The van der Waals surface area contributed by atoms with Crippen molar-refractivity contribution in [1.29, 1.82) is 0 Å². The second-order valence-electron chi connectivity index (χ2n) is 6.46. The Bertz CT molecular complexity index is 881. The smallest absolute Gasteiger partial charge is 0.173 e. The van der Waals surface area contributed by atoms with Gasteiger partial charge in [-0.15, -0.1) is 0 Å². The van der Waals surface area contributed by atoms with E-state index in [1.807, 2.05) is 42.5 Å². The summed E-state index contributed by atoms with van der Waals surface area (Å²) in [5.41, 5.74) is 14.5. The number of nitrogens with two attached hydrogens (primary N) is 2. The molecule has 2 aromatic carbocycles. The third-order valence-electron chi connectivity index (χ3n) is 4.34. The molecule has 6 N–H and O–H groups in total. The Morgan fingerprint density at radius 3 is 2.52 bits per heavy atom. The van der Waals surface area contributed by atoms with Crippen molar-refractivity contribution in [3.8, 4) is 17.2 Å². The third-order valence-corrected chi connectivity index (χ3v) is 4.34. The van der Waals surface area contributed by atoms with Crippen LogP contribution in [0, 0.1) is 0 Å². The summed E-state index contributed by atoms with van der Waals surface area (Å²) in [6.07, 6.45) is 1.89. The van der Waals surface area contributed by atoms with Gasteiger partial charge in [-0.25, -0.2) is 4.99 Å². The zero-order valence-electron chi connectivity index (χ0n) is 16.3. The van der Waals surface area contributed by atoms with Gasteiger partial charge in [0.05, 0.1) is 13.7 Å². The number of rotatable bonds is 9. The lowest BCUT2D eigenvalue weighted by Crippen LogP contribution is -2.39. The molecular weight excluding hydrogens is 372 g/mol. The molecule has 0 aromatic heterocycles. The van der Waals surface area contributed by atoms with Crippen LogP contribution >= 0.6 is 0 Å². The lowest BCUT2D eigenvalue weighted by Gasteiger charge is -2.18. The highest BCUT2D eigenvalue weighted by molar-refractivity contribution is 5.97. The van der Waals surface area contributed by atoms with Crippen LogP contribution in [0.15, 0.2) is 59.2 Å². The Morgan fingerprint density at radius 1 is 1.07 bits per heavy atom. The number of ether oxygens (including phenoxy) is 3. The van der Waals surface area contributed by atoms with Crippen LogP contribution in [0.3, 0.4) is 0 Å². The van der Waals surface area contributed by atoms with Crippen LogP contribution in [0.4, 0.5) is 0 Å². The highest BCUT2D eigenvalue weighted by Crippen LogP contribution is 2.30. The van der Waals surface area contributed by atoms with Gasteiger partial charge in [0.1, 0.15) is 24.8 Å². The Labute approximate surface area is 169 Å². The van der Waals surface area contributed by atoms with E-state index in [0.717, 1.165) is 16.7 Å². The Kier molecular flexibility index (Phi) is 6.94. The van der Waals surface area contributed by atoms with E-state index in [9.17, 15) is 0 Å². The number of benzene rings is 2. The average molecular weight is 398 g/mol. The summed E-state index contributed by atoms with van der Waals surface area (Å²) in [5.74, 6) is 2.43. The molecule has 1 aliphatic heterocycles. The summed E-state index contributed by atoms with van der Waals surface area (Å²) < 4.78 is 16.8. The molecule has 8 nitrogen and oxygen atoms in total. The lowest BCUT2D eigenvalue weighted by molar-refractivity contribution is 0.201. The standard InChI is InChI=1S/C21H26N4O4/c1-27-19-11-15(10-16-12-24-21(23)25-20(16)22)4-7-18(19)29-13-14-2-5-17(6-3-14)28-9-8-26/h2-7,11-12,21,24,26H,8-10,13,23H2,1H3,(H2,22,25). The summed E-state index contributed by atoms with van der Waals surface area (Å²) in [6, 6.07) is 13.3. The van der Waals surface area contributed by atoms with Crippen LogP contribution in [0.1, 0.15) is 11.1 Å². The largest absolute Gasteiger partial charge is 0.493 e. The highest BCUT2D eigenvalue weighted by atomic mass is 16.5. The molecule has 1 heterocycles. The van der Waals surface area contributed by atoms with Crippen molar-refractivity contribution in [2.45, 2.75) is 19.3 Å². The molecule has 154 valence electrons. The average Bonchev–Trinajstić information content (AvgIpc) is 2.74. The number of methoxy groups -OCH3 is 1. The molecule has 2 aromatic rings. The number of hydrogen-bond acceptors (Lipinski definition) is 8. The first-order valence-corrected chi connectivity index (χ1v) is 9.25. The van der Waals surface area contributed by atoms with Gasteiger partial charge in [0, 0.05) is 18.2 Å². The molecule has 0 saturated carbocycles. The van der Waals surface area contributed by atoms with E-state index < -0.39 is 6.29 Å². The quantitative estimate of drug-likeness (QED) is 0.501. The minimum absolute atomic E-state index is 0.0125. The number of nitrogens with one attached hydrogen (secondary N) is 1. The molecule has 0 spiro atoms. The zero-order chi connectivity index (χ0) is 20.6. The van der Waals surface area contributed by atoms with E-state index in [2.05, 4.69) is 10.3 Å². The Hall–Kier alpha value is -3.23. The minimum Gasteiger partial charge on any atom is -0.493 e. The van der Waals surface area contributed by atoms with Crippen LogP contribution in [-0.2, 0) is 13.0 Å². The van der Waals surface area contributed by atoms with Crippen molar-refractivity contribution < 1.29 is 19.3 Å². The molecule has 8 heteroatoms. The van der Waals surface area contributed by atoms with Gasteiger partial charge in [-0.3, -0.25) is 5.73 Å². The fourth-order valence-corrected chi connectivity index (χ4v) is 2.84. The van der Waals surface area contributed by atoms with Gasteiger partial charge in [0.2, 0.25) is 0 Å². The van der Waals surface area contributed by atoms with E-state index in [1.54, 1.807) is 13.3 Å². The van der Waals surface area contributed by atoms with Crippen molar-refractivity contribution in [1.82, 2.24) is 5.32 Å². The maximum absolute atomic E-state index is 8.80. The molecule has 29 heavy (non-hydrogen) atoms. The number of aliphatic imine (C=N–C) groups is 1. The predicted octanol–water partition coefficient (Wildman–Crippen LogP) is 1.27. The summed E-state index contributed by atoms with van der Waals surface area (Å²) in [7, 11) is 1.61. The molecule has 3 rings (SSSR count). The third kappa shape index (κ3) is 5.63. The molecular formula is C21H26N4O4. The topological polar surface area (TPSA) is 124 Å². The molecule has 0 bridgehead atoms. The van der Waals surface area contributed by atoms with E-state index in [-0.39, 0.29) is 13.2 Å². The Morgan fingerprint density at radius 2 is 1.83 bits per heavy atom. The number of nitrogens with zero attached hydrogens (tertiary/aromatic N) is 1. The monoisotopic (exact) mass is 398 g/mol. The summed E-state index contributed by atoms with van der Waals surface area (Å²) in [5, 5.41) is 11.7. The van der Waals surface area contributed by atoms with E-state index in [4.69, 9.17) is 30.8 Å². The van der Waals surface area contributed by atoms with Crippen LogP contribution in [0.25, 0.3) is 0 Å². The second-order valence-corrected chi connectivity index (χ2v) is 6.46. The molecule has 0 radical (unpaired) electrons. The van der Waals surface area contributed by atoms with E-state index >= 15 is 0 Å². The minimum atomic E-state index is -0.501. The first-order chi connectivity index (χ1) is 14.1. The zero-order valence-corrected chi connectivity index (χ0v) is 16.3. The van der Waals surface area contributed by atoms with Gasteiger partial charge in [-0.1, -0.05) is 18.2 Å². The van der Waals surface area contributed by atoms with Gasteiger partial charge in [-0.05, 0) is 35.4 Å². The van der Waals surface area contributed by atoms with Crippen LogP contribution < -0.4 is 31.0 Å². The van der Waals surface area contributed by atoms with Crippen molar-refractivity contribution in [3.05, 3.63) is 65.4 Å². The first kappa shape index (κ1) is 20.5. The normalized spacial score (nSPS) is 15.8. The van der Waals surface area contributed by atoms with Gasteiger partial charge in [-0.2, -0.15) is 0 Å². The predicted molar refractivity (Wildman–Crippen MR) is 111 cm³/mol. The van der Waals surface area contributed by atoms with Crippen molar-refractivity contribution in [2.24, 2.45) is 16.5 Å². The molecule has 1 atom stereocenters. The van der Waals surface area contributed by atoms with Crippen LogP contribution in [0.5, 0.6) is 17.2 Å². The summed E-state index contributed by atoms with van der Waals surface area (Å²) in [6.45, 7) is 0.653. The molecule has 0 amide bonds.